The number of H-pyrrole nitrogens is 2. The Labute approximate surface area is 414 Å². The van der Waals surface area contributed by atoms with Crippen LogP contribution in [0.2, 0.25) is 0 Å². The summed E-state index contributed by atoms with van der Waals surface area (Å²) in [5.41, 5.74) is 15.4. The topological polar surface area (TPSA) is 562 Å². The van der Waals surface area contributed by atoms with Gasteiger partial charge >= 0.3 is 36.9 Å². The van der Waals surface area contributed by atoms with Crippen LogP contribution in [0, 0.1) is 0 Å². The molecule has 6 aromatic heterocycles. The Hall–Kier alpha value is -5.15. The van der Waals surface area contributed by atoms with E-state index >= 15 is 0 Å². The molecule has 75 heavy (non-hydrogen) atoms. The number of aromatic nitrogens is 12. The Balaban J connectivity index is 0.862. The van der Waals surface area contributed by atoms with E-state index < -0.39 is 136 Å². The Morgan fingerprint density at radius 3 is 1.73 bits per heavy atom. The molecule has 0 amide bonds. The Kier molecular flexibility index (Phi) is 14.8. The lowest BCUT2D eigenvalue weighted by atomic mass is 10.1. The molecule has 3 saturated heterocycles. The standard InChI is InChI=1S/C32H43N15O24P4/c1-44-9-47(25-15(44)27(53)43-32(35)41-25)29-19(51)17(49)11(67-29)4-64-73(56,57)70-75(60,61)71-74(58,59)65-5-12-20(21(62-2)30(68-12)45-7-38-13-22(33)36-6-37-23(13)45)69-72(54,55)63-3-10-16(48)18(50)28(66-10)46-8-39-14-24(46)40-31(34)42-26(14)52/h6-12,16-21,28-30,48-51H,3-5H2,1-2H3,(H11-,33,34,35,36,37,40,41,42,43,52,53,54,55,56,57,58,59,60,61)/p+1/t10?,11-,12-,16-,17-,18-,19-,20-,21-,28-,29?,30?/m1/s1. The molecule has 9 heterocycles. The van der Waals surface area contributed by atoms with Gasteiger partial charge in [-0.05, 0) is 0 Å². The van der Waals surface area contributed by atoms with Gasteiger partial charge in [-0.2, -0.15) is 23.2 Å². The molecule has 3 fully saturated rings. The van der Waals surface area contributed by atoms with Crippen LogP contribution >= 0.6 is 31.3 Å². The van der Waals surface area contributed by atoms with Crippen molar-refractivity contribution in [2.24, 2.45) is 7.05 Å². The van der Waals surface area contributed by atoms with Crippen LogP contribution < -0.4 is 32.9 Å². The Bertz CT molecular complexity index is 3470. The fourth-order valence-corrected chi connectivity index (χ4v) is 12.8. The van der Waals surface area contributed by atoms with Crippen molar-refractivity contribution in [1.29, 1.82) is 0 Å². The number of fused-ring (bicyclic) bond motifs is 3. The fraction of sp³-hybridized carbons (Fsp3) is 0.531. The minimum Gasteiger partial charge on any atom is -0.387 e. The van der Waals surface area contributed by atoms with Gasteiger partial charge in [0.25, 0.3) is 16.7 Å². The Morgan fingerprint density at radius 1 is 0.627 bits per heavy atom. The smallest absolute Gasteiger partial charge is 0.387 e. The number of nitrogens with one attached hydrogen (secondary N) is 2. The van der Waals surface area contributed by atoms with Crippen LogP contribution in [0.4, 0.5) is 17.7 Å². The van der Waals surface area contributed by atoms with Crippen LogP contribution in [0.25, 0.3) is 33.5 Å². The van der Waals surface area contributed by atoms with Gasteiger partial charge in [-0.3, -0.25) is 46.8 Å². The van der Waals surface area contributed by atoms with Gasteiger partial charge in [-0.1, -0.05) is 0 Å². The molecule has 0 aliphatic carbocycles. The van der Waals surface area contributed by atoms with Crippen molar-refractivity contribution in [1.82, 2.24) is 53.6 Å². The predicted octanol–water partition coefficient (Wildman–Crippen LogP) is -4.71. The summed E-state index contributed by atoms with van der Waals surface area (Å²) in [7, 11) is -20.9. The molecule has 0 radical (unpaired) electrons. The number of nitrogen functional groups attached to an aromatic ring is 3. The van der Waals surface area contributed by atoms with Crippen molar-refractivity contribution in [2.75, 3.05) is 44.1 Å². The maximum absolute atomic E-state index is 13.7. The second kappa shape index (κ2) is 20.3. The average molecular weight is 1150 g/mol. The maximum Gasteiger partial charge on any atom is 0.490 e. The van der Waals surface area contributed by atoms with Crippen LogP contribution in [0.15, 0.2) is 34.9 Å². The highest BCUT2D eigenvalue weighted by Crippen LogP contribution is 2.68. The normalized spacial score (nSPS) is 30.5. The number of imidazole rings is 3. The number of hydrogen-bond donors (Lipinski definition) is 13. The molecule has 3 aliphatic heterocycles. The molecule has 43 heteroatoms. The number of aliphatic hydroxyl groups is 4. The van der Waals surface area contributed by atoms with Gasteiger partial charge in [-0.15, -0.1) is 0 Å². The number of phosphoric ester groups is 3. The van der Waals surface area contributed by atoms with Gasteiger partial charge in [0.05, 0.1) is 39.5 Å². The summed E-state index contributed by atoms with van der Waals surface area (Å²) in [6.07, 6.45) is -15.8. The maximum atomic E-state index is 13.7. The number of phosphoric acid groups is 4. The SMILES string of the molecule is CO[C@H]1C(n2cnc3c(N)ncnc32)O[C@H](COP(=O)(O)OP(=O)(O)OP(=O)(O)OC[C@H]2OC(n3c[n+](C)c4c(=O)[nH]c(N)nc43)[C@H](O)[C@@H]2O)[C@H]1OP(=O)(O)OCC1O[C@@H](n2cnc3c(=O)[nH]c(N)nc32)[C@H](O)[C@@H]1O. The fourth-order valence-electron chi connectivity index (χ4n) is 8.29. The van der Waals surface area contributed by atoms with E-state index in [0.717, 1.165) is 35.2 Å². The van der Waals surface area contributed by atoms with Gasteiger partial charge in [0.2, 0.25) is 24.5 Å². The summed E-state index contributed by atoms with van der Waals surface area (Å²) < 4.78 is 109. The molecular formula is C32H44N15O24P4+. The molecule has 0 aromatic carbocycles. The van der Waals surface area contributed by atoms with E-state index in [-0.39, 0.29) is 51.2 Å². The molecular weight excluding hydrogens is 1100 g/mol. The lowest BCUT2D eigenvalue weighted by Gasteiger charge is -2.26. The van der Waals surface area contributed by atoms with Crippen LogP contribution in [0.3, 0.4) is 0 Å². The van der Waals surface area contributed by atoms with E-state index in [9.17, 15) is 67.8 Å². The highest BCUT2D eigenvalue weighted by atomic mass is 31.3. The van der Waals surface area contributed by atoms with E-state index in [0.29, 0.717) is 0 Å². The van der Waals surface area contributed by atoms with Crippen molar-refractivity contribution in [3.8, 4) is 0 Å². The number of ether oxygens (including phenoxy) is 4. The molecule has 0 spiro atoms. The first kappa shape index (κ1) is 54.6. The van der Waals surface area contributed by atoms with Crippen molar-refractivity contribution in [3.63, 3.8) is 0 Å². The molecule has 3 aliphatic rings. The largest absolute Gasteiger partial charge is 0.490 e. The van der Waals surface area contributed by atoms with Gasteiger partial charge in [-0.25, -0.2) is 42.8 Å². The third kappa shape index (κ3) is 10.9. The first-order valence-electron chi connectivity index (χ1n) is 21.2. The Morgan fingerprint density at radius 2 is 1.13 bits per heavy atom. The minimum atomic E-state index is -6.20. The monoisotopic (exact) mass is 1150 g/mol. The van der Waals surface area contributed by atoms with Crippen molar-refractivity contribution in [3.05, 3.63) is 46.0 Å². The van der Waals surface area contributed by atoms with Gasteiger partial charge in [0.15, 0.2) is 35.1 Å². The van der Waals surface area contributed by atoms with Crippen LogP contribution in [-0.4, -0.2) is 175 Å². The van der Waals surface area contributed by atoms with Crippen LogP contribution in [-0.2, 0) is 71.0 Å². The molecule has 9 rings (SSSR count). The first-order valence-corrected chi connectivity index (χ1v) is 27.1. The molecule has 6 aromatic rings. The van der Waals surface area contributed by atoms with Crippen LogP contribution in [0.5, 0.6) is 0 Å². The number of nitrogens with zero attached hydrogens (tertiary/aromatic N) is 10. The molecule has 7 unspecified atom stereocenters. The van der Waals surface area contributed by atoms with Gasteiger partial charge < -0.3 is 76.1 Å². The zero-order valence-corrected chi connectivity index (χ0v) is 41.5. The van der Waals surface area contributed by atoms with E-state index in [1.54, 1.807) is 0 Å². The summed E-state index contributed by atoms with van der Waals surface area (Å²) in [5, 5.41) is 43.2. The molecule has 16 atom stereocenters. The van der Waals surface area contributed by atoms with E-state index in [1.165, 1.54) is 22.5 Å². The molecule has 16 N–H and O–H groups in total. The van der Waals surface area contributed by atoms with E-state index in [4.69, 9.17) is 49.7 Å². The summed E-state index contributed by atoms with van der Waals surface area (Å²) in [6.45, 7) is -3.40. The zero-order valence-electron chi connectivity index (χ0n) is 38.0. The molecule has 39 nitrogen and oxygen atoms in total. The lowest BCUT2D eigenvalue weighted by Crippen LogP contribution is -2.38. The second-order valence-electron chi connectivity index (χ2n) is 16.5. The third-order valence-electron chi connectivity index (χ3n) is 11.6. The number of methoxy groups -OCH3 is 1. The number of aromatic amines is 2. The van der Waals surface area contributed by atoms with Crippen LogP contribution in [0.1, 0.15) is 18.7 Å². The summed E-state index contributed by atoms with van der Waals surface area (Å²) >= 11 is 0. The van der Waals surface area contributed by atoms with Crippen molar-refractivity contribution < 1.29 is 108 Å². The summed E-state index contributed by atoms with van der Waals surface area (Å²) in [6, 6.07) is 0. The van der Waals surface area contributed by atoms with Crippen molar-refractivity contribution >= 4 is 82.5 Å². The number of aryl methyl sites for hydroxylation is 1. The highest BCUT2D eigenvalue weighted by molar-refractivity contribution is 7.66. The number of aliphatic hydroxyl groups excluding tert-OH is 4. The predicted molar refractivity (Wildman–Crippen MR) is 239 cm³/mol. The second-order valence-corrected chi connectivity index (χ2v) is 22.5. The molecule has 0 saturated carbocycles. The summed E-state index contributed by atoms with van der Waals surface area (Å²) in [4.78, 5) is 95.6. The number of rotatable bonds is 19. The zero-order chi connectivity index (χ0) is 54.3. The van der Waals surface area contributed by atoms with E-state index in [2.05, 4.69) is 53.0 Å². The van der Waals surface area contributed by atoms with E-state index in [1.807, 2.05) is 0 Å². The molecule has 410 valence electrons. The lowest BCUT2D eigenvalue weighted by molar-refractivity contribution is -0.646. The van der Waals surface area contributed by atoms with Gasteiger partial charge in [0.1, 0.15) is 66.8 Å². The molecule has 0 bridgehead atoms. The minimum absolute atomic E-state index is 0.00606. The third-order valence-corrected chi connectivity index (χ3v) is 16.8. The first-order chi connectivity index (χ1) is 35.2. The van der Waals surface area contributed by atoms with Gasteiger partial charge in [0, 0.05) is 7.11 Å². The number of nitrogens with two attached hydrogens (primary N) is 3. The average Bonchev–Trinajstić information content (AvgIpc) is 4.17. The highest BCUT2D eigenvalue weighted by Gasteiger charge is 2.54. The number of anilines is 3. The summed E-state index contributed by atoms with van der Waals surface area (Å²) in [5.74, 6) is -0.716. The van der Waals surface area contributed by atoms with Crippen molar-refractivity contribution in [2.45, 2.75) is 73.6 Å². The number of hydrogen-bond acceptors (Lipinski definition) is 29. The quantitative estimate of drug-likeness (QED) is 0.0268.